The lowest BCUT2D eigenvalue weighted by Gasteiger charge is -2.09. The molecule has 2 rings (SSSR count). The summed E-state index contributed by atoms with van der Waals surface area (Å²) < 4.78 is 45.0. The van der Waals surface area contributed by atoms with Gasteiger partial charge in [0, 0.05) is 5.69 Å². The molecule has 0 bridgehead atoms. The maximum Gasteiger partial charge on any atom is 0.573 e. The molecule has 20 heavy (non-hydrogen) atoms. The molecule has 0 amide bonds. The number of ether oxygens (including phenoxy) is 1. The molecular formula is C13H12F3NO3. The Hall–Kier alpha value is -2.15. The van der Waals surface area contributed by atoms with Crippen LogP contribution in [0, 0.1) is 0 Å². The van der Waals surface area contributed by atoms with Crippen LogP contribution in [0.3, 0.4) is 0 Å². The van der Waals surface area contributed by atoms with Gasteiger partial charge in [-0.3, -0.25) is 0 Å². The van der Waals surface area contributed by atoms with E-state index in [1.807, 2.05) is 0 Å². The van der Waals surface area contributed by atoms with E-state index in [1.54, 1.807) is 12.1 Å². The molecule has 0 radical (unpaired) electrons. The zero-order valence-electron chi connectivity index (χ0n) is 10.3. The van der Waals surface area contributed by atoms with Gasteiger partial charge in [-0.2, -0.15) is 0 Å². The lowest BCUT2D eigenvalue weighted by molar-refractivity contribution is -0.274. The number of hydrogen-bond acceptors (Lipinski definition) is 4. The molecule has 0 fully saturated rings. The smallest absolute Gasteiger partial charge is 0.462 e. The highest BCUT2D eigenvalue weighted by atomic mass is 19.4. The van der Waals surface area contributed by atoms with Crippen molar-refractivity contribution in [1.29, 1.82) is 0 Å². The minimum absolute atomic E-state index is 0.177. The van der Waals surface area contributed by atoms with Gasteiger partial charge in [-0.05, 0) is 36.4 Å². The Balaban J connectivity index is 1.90. The number of benzene rings is 1. The van der Waals surface area contributed by atoms with Crippen LogP contribution in [-0.4, -0.2) is 11.5 Å². The number of halogens is 3. The molecular weight excluding hydrogens is 275 g/mol. The predicted octanol–water partition coefficient (Wildman–Crippen LogP) is 3.28. The molecule has 1 heterocycles. The number of furan rings is 1. The van der Waals surface area contributed by atoms with Crippen LogP contribution < -0.4 is 10.1 Å². The maximum absolute atomic E-state index is 12.0. The number of hydrogen-bond donors (Lipinski definition) is 2. The van der Waals surface area contributed by atoms with Crippen LogP contribution in [0.1, 0.15) is 11.5 Å². The SMILES string of the molecule is OCc1ccc(CNc2ccc(OC(F)(F)F)cc2)o1. The summed E-state index contributed by atoms with van der Waals surface area (Å²) in [6.07, 6.45) is -4.69. The Morgan fingerprint density at radius 1 is 1.05 bits per heavy atom. The van der Waals surface area contributed by atoms with E-state index in [0.29, 0.717) is 23.8 Å². The van der Waals surface area contributed by atoms with Gasteiger partial charge in [0.05, 0.1) is 6.54 Å². The normalized spacial score (nSPS) is 11.4. The first-order valence-electron chi connectivity index (χ1n) is 5.74. The number of nitrogens with one attached hydrogen (secondary N) is 1. The third kappa shape index (κ3) is 4.20. The van der Waals surface area contributed by atoms with Crippen molar-refractivity contribution in [3.05, 3.63) is 47.9 Å². The number of alkyl halides is 3. The van der Waals surface area contributed by atoms with Crippen molar-refractivity contribution in [2.75, 3.05) is 5.32 Å². The van der Waals surface area contributed by atoms with Gasteiger partial charge in [0.2, 0.25) is 0 Å². The Labute approximate surface area is 112 Å². The standard InChI is InChI=1S/C13H12F3NO3/c14-13(15,16)20-10-3-1-9(2-4-10)17-7-11-5-6-12(8-18)19-11/h1-6,17-18H,7-8H2. The molecule has 7 heteroatoms. The first kappa shape index (κ1) is 14.3. The van der Waals surface area contributed by atoms with Crippen molar-refractivity contribution < 1.29 is 27.4 Å². The van der Waals surface area contributed by atoms with Crippen LogP contribution in [0.2, 0.25) is 0 Å². The predicted molar refractivity (Wildman–Crippen MR) is 65.1 cm³/mol. The first-order chi connectivity index (χ1) is 9.46. The fourth-order valence-electron chi connectivity index (χ4n) is 1.57. The third-order valence-corrected chi connectivity index (χ3v) is 2.43. The van der Waals surface area contributed by atoms with Gasteiger partial charge >= 0.3 is 6.36 Å². The van der Waals surface area contributed by atoms with E-state index in [-0.39, 0.29) is 12.4 Å². The zero-order chi connectivity index (χ0) is 14.6. The first-order valence-corrected chi connectivity index (χ1v) is 5.74. The molecule has 0 atom stereocenters. The lowest BCUT2D eigenvalue weighted by Crippen LogP contribution is -2.17. The van der Waals surface area contributed by atoms with Crippen LogP contribution in [0.5, 0.6) is 5.75 Å². The van der Waals surface area contributed by atoms with Crippen molar-refractivity contribution in [3.63, 3.8) is 0 Å². The van der Waals surface area contributed by atoms with Crippen LogP contribution >= 0.6 is 0 Å². The topological polar surface area (TPSA) is 54.6 Å². The van der Waals surface area contributed by atoms with E-state index in [1.165, 1.54) is 24.3 Å². The van der Waals surface area contributed by atoms with E-state index >= 15 is 0 Å². The number of anilines is 1. The second-order valence-corrected chi connectivity index (χ2v) is 3.95. The summed E-state index contributed by atoms with van der Waals surface area (Å²) in [5, 5.41) is 11.8. The van der Waals surface area contributed by atoms with Crippen molar-refractivity contribution in [2.24, 2.45) is 0 Å². The maximum atomic E-state index is 12.0. The summed E-state index contributed by atoms with van der Waals surface area (Å²) in [6.45, 7) is 0.183. The summed E-state index contributed by atoms with van der Waals surface area (Å²) in [6, 6.07) is 8.74. The number of aliphatic hydroxyl groups excluding tert-OH is 1. The Kier molecular flexibility index (Phi) is 4.19. The van der Waals surface area contributed by atoms with Crippen LogP contribution in [0.15, 0.2) is 40.8 Å². The van der Waals surface area contributed by atoms with E-state index in [0.717, 1.165) is 0 Å². The average molecular weight is 287 g/mol. The molecule has 0 spiro atoms. The Morgan fingerprint density at radius 3 is 2.25 bits per heavy atom. The summed E-state index contributed by atoms with van der Waals surface area (Å²) in [7, 11) is 0. The Bertz CT molecular complexity index is 549. The van der Waals surface area contributed by atoms with Crippen LogP contribution in [0.4, 0.5) is 18.9 Å². The molecule has 2 aromatic rings. The molecule has 1 aromatic carbocycles. The highest BCUT2D eigenvalue weighted by Gasteiger charge is 2.30. The third-order valence-electron chi connectivity index (χ3n) is 2.43. The minimum atomic E-state index is -4.69. The van der Waals surface area contributed by atoms with E-state index in [4.69, 9.17) is 9.52 Å². The Morgan fingerprint density at radius 2 is 1.70 bits per heavy atom. The lowest BCUT2D eigenvalue weighted by atomic mass is 10.3. The molecule has 0 aliphatic carbocycles. The number of aliphatic hydroxyl groups is 1. The fourth-order valence-corrected chi connectivity index (χ4v) is 1.57. The highest BCUT2D eigenvalue weighted by molar-refractivity contribution is 5.46. The van der Waals surface area contributed by atoms with Gasteiger partial charge in [0.25, 0.3) is 0 Å². The van der Waals surface area contributed by atoms with Gasteiger partial charge in [0.1, 0.15) is 23.9 Å². The van der Waals surface area contributed by atoms with Crippen molar-refractivity contribution in [3.8, 4) is 5.75 Å². The molecule has 4 nitrogen and oxygen atoms in total. The molecule has 0 aliphatic heterocycles. The molecule has 0 unspecified atom stereocenters. The highest BCUT2D eigenvalue weighted by Crippen LogP contribution is 2.24. The minimum Gasteiger partial charge on any atom is -0.462 e. The van der Waals surface area contributed by atoms with Crippen LogP contribution in [-0.2, 0) is 13.2 Å². The van der Waals surface area contributed by atoms with Gasteiger partial charge in [-0.25, -0.2) is 0 Å². The average Bonchev–Trinajstić information content (AvgIpc) is 2.84. The molecule has 0 aliphatic rings. The van der Waals surface area contributed by atoms with Gasteiger partial charge in [-0.15, -0.1) is 13.2 Å². The second kappa shape index (κ2) is 5.87. The monoisotopic (exact) mass is 287 g/mol. The van der Waals surface area contributed by atoms with Gasteiger partial charge < -0.3 is 19.6 Å². The van der Waals surface area contributed by atoms with E-state index in [9.17, 15) is 13.2 Å². The summed E-state index contributed by atoms with van der Waals surface area (Å²) in [5.74, 6) is 0.795. The molecule has 108 valence electrons. The molecule has 1 aromatic heterocycles. The number of rotatable bonds is 5. The van der Waals surface area contributed by atoms with Crippen molar-refractivity contribution in [1.82, 2.24) is 0 Å². The zero-order valence-corrected chi connectivity index (χ0v) is 10.3. The molecule has 0 saturated heterocycles. The molecule has 0 saturated carbocycles. The second-order valence-electron chi connectivity index (χ2n) is 3.95. The summed E-state index contributed by atoms with van der Waals surface area (Å²) in [4.78, 5) is 0. The van der Waals surface area contributed by atoms with Gasteiger partial charge in [-0.1, -0.05) is 0 Å². The molecule has 2 N–H and O–H groups in total. The van der Waals surface area contributed by atoms with Crippen molar-refractivity contribution in [2.45, 2.75) is 19.5 Å². The van der Waals surface area contributed by atoms with Gasteiger partial charge in [0.15, 0.2) is 0 Å². The quantitative estimate of drug-likeness (QED) is 0.886. The van der Waals surface area contributed by atoms with Crippen LogP contribution in [0.25, 0.3) is 0 Å². The summed E-state index contributed by atoms with van der Waals surface area (Å²) >= 11 is 0. The summed E-state index contributed by atoms with van der Waals surface area (Å²) in [5.41, 5.74) is 0.626. The largest absolute Gasteiger partial charge is 0.573 e. The van der Waals surface area contributed by atoms with E-state index in [2.05, 4.69) is 10.1 Å². The van der Waals surface area contributed by atoms with E-state index < -0.39 is 6.36 Å². The van der Waals surface area contributed by atoms with Crippen molar-refractivity contribution >= 4 is 5.69 Å². The fraction of sp³-hybridized carbons (Fsp3) is 0.231.